The zero-order valence-corrected chi connectivity index (χ0v) is 22.6. The number of amides is 1. The van der Waals surface area contributed by atoms with E-state index in [1.807, 2.05) is 35.1 Å². The summed E-state index contributed by atoms with van der Waals surface area (Å²) in [5.74, 6) is 0.0154. The summed E-state index contributed by atoms with van der Waals surface area (Å²) in [4.78, 5) is 19.7. The van der Waals surface area contributed by atoms with Gasteiger partial charge in [0.15, 0.2) is 9.84 Å². The Labute approximate surface area is 228 Å². The maximum absolute atomic E-state index is 13.4. The zero-order valence-electron chi connectivity index (χ0n) is 21.8. The van der Waals surface area contributed by atoms with Gasteiger partial charge in [0, 0.05) is 54.8 Å². The lowest BCUT2D eigenvalue weighted by molar-refractivity contribution is -0.127. The molecule has 0 bridgehead atoms. The molecule has 1 saturated heterocycles. The Morgan fingerprint density at radius 2 is 1.69 bits per heavy atom. The van der Waals surface area contributed by atoms with E-state index in [1.54, 1.807) is 12.4 Å². The van der Waals surface area contributed by atoms with Crippen molar-refractivity contribution in [1.29, 1.82) is 5.26 Å². The Hall–Kier alpha value is -3.71. The van der Waals surface area contributed by atoms with E-state index < -0.39 is 15.4 Å². The van der Waals surface area contributed by atoms with Crippen molar-refractivity contribution < 1.29 is 13.2 Å². The summed E-state index contributed by atoms with van der Waals surface area (Å²) in [7, 11) is -2.95. The van der Waals surface area contributed by atoms with Crippen LogP contribution in [0.3, 0.4) is 0 Å². The molecule has 6 rings (SSSR count). The summed E-state index contributed by atoms with van der Waals surface area (Å²) < 4.78 is 25.6. The molecule has 0 spiro atoms. The largest absolute Gasteiger partial charge is 0.369 e. The first kappa shape index (κ1) is 25.6. The van der Waals surface area contributed by atoms with E-state index >= 15 is 0 Å². The minimum atomic E-state index is -2.95. The molecule has 39 heavy (non-hydrogen) atoms. The Kier molecular flexibility index (Phi) is 6.63. The fraction of sp³-hybridized carbons (Fsp3) is 0.448. The highest BCUT2D eigenvalue weighted by atomic mass is 32.2. The molecule has 2 saturated carbocycles. The summed E-state index contributed by atoms with van der Waals surface area (Å²) in [5.41, 5.74) is 4.07. The van der Waals surface area contributed by atoms with Crippen LogP contribution in [0.15, 0.2) is 55.0 Å². The number of carbonyl (C=O) groups is 1. The highest BCUT2D eigenvalue weighted by Crippen LogP contribution is 2.43. The van der Waals surface area contributed by atoms with Gasteiger partial charge in [-0.3, -0.25) is 9.78 Å². The van der Waals surface area contributed by atoms with Crippen molar-refractivity contribution >= 4 is 21.4 Å². The van der Waals surface area contributed by atoms with Crippen molar-refractivity contribution in [3.63, 3.8) is 0 Å². The molecule has 0 radical (unpaired) electrons. The van der Waals surface area contributed by atoms with Gasteiger partial charge in [-0.25, -0.2) is 13.1 Å². The molecule has 3 heterocycles. The van der Waals surface area contributed by atoms with Gasteiger partial charge in [0.1, 0.15) is 5.54 Å². The normalized spacial score (nSPS) is 23.5. The summed E-state index contributed by atoms with van der Waals surface area (Å²) in [6.07, 6.45) is 10.6. The number of pyridine rings is 1. The van der Waals surface area contributed by atoms with Crippen molar-refractivity contribution in [3.05, 3.63) is 60.7 Å². The summed E-state index contributed by atoms with van der Waals surface area (Å²) >= 11 is 0. The lowest BCUT2D eigenvalue weighted by Gasteiger charge is -2.31. The third-order valence-electron chi connectivity index (χ3n) is 8.34. The molecule has 1 N–H and O–H groups in total. The van der Waals surface area contributed by atoms with Gasteiger partial charge in [-0.05, 0) is 55.5 Å². The zero-order chi connectivity index (χ0) is 27.0. The maximum Gasteiger partial charge on any atom is 0.225 e. The van der Waals surface area contributed by atoms with Crippen LogP contribution >= 0.6 is 0 Å². The van der Waals surface area contributed by atoms with Gasteiger partial charge in [0.25, 0.3) is 0 Å². The third kappa shape index (κ3) is 5.28. The Morgan fingerprint density at radius 3 is 2.36 bits per heavy atom. The number of nitrogens with one attached hydrogen (secondary N) is 1. The van der Waals surface area contributed by atoms with Crippen LogP contribution in [0.5, 0.6) is 0 Å². The molecule has 2 aromatic heterocycles. The first-order valence-corrected chi connectivity index (χ1v) is 15.5. The number of benzene rings is 1. The van der Waals surface area contributed by atoms with E-state index in [0.717, 1.165) is 53.9 Å². The second-order valence-corrected chi connectivity index (χ2v) is 13.2. The summed E-state index contributed by atoms with van der Waals surface area (Å²) in [5, 5.41) is 17.6. The topological polar surface area (TPSA) is 121 Å². The molecule has 10 heteroatoms. The molecule has 3 aliphatic rings. The Balaban J connectivity index is 1.34. The number of nitriles is 1. The molecule has 1 amide bonds. The third-order valence-corrected chi connectivity index (χ3v) is 9.95. The smallest absolute Gasteiger partial charge is 0.225 e. The fourth-order valence-corrected chi connectivity index (χ4v) is 7.03. The molecule has 9 nitrogen and oxygen atoms in total. The second kappa shape index (κ2) is 10.1. The van der Waals surface area contributed by atoms with Crippen LogP contribution in [0.2, 0.25) is 0 Å². The van der Waals surface area contributed by atoms with Gasteiger partial charge in [-0.2, -0.15) is 10.4 Å². The van der Waals surface area contributed by atoms with Crippen LogP contribution in [0, 0.1) is 17.2 Å². The van der Waals surface area contributed by atoms with E-state index in [4.69, 9.17) is 5.10 Å². The number of hydrogen-bond acceptors (Lipinski definition) is 7. The van der Waals surface area contributed by atoms with E-state index in [1.165, 1.54) is 0 Å². The lowest BCUT2D eigenvalue weighted by atomic mass is 9.75. The van der Waals surface area contributed by atoms with Gasteiger partial charge in [0.05, 0.1) is 29.0 Å². The molecule has 3 aromatic rings. The van der Waals surface area contributed by atoms with Crippen LogP contribution in [0.4, 0.5) is 5.69 Å². The minimum absolute atomic E-state index is 0.0430. The number of carbonyl (C=O) groups excluding carboxylic acids is 1. The lowest BCUT2D eigenvalue weighted by Crippen LogP contribution is -2.42. The van der Waals surface area contributed by atoms with E-state index in [-0.39, 0.29) is 29.2 Å². The van der Waals surface area contributed by atoms with Crippen molar-refractivity contribution in [2.45, 2.75) is 50.0 Å². The predicted molar refractivity (Wildman–Crippen MR) is 148 cm³/mol. The molecule has 2 atom stereocenters. The van der Waals surface area contributed by atoms with E-state index in [9.17, 15) is 18.5 Å². The fourth-order valence-electron chi connectivity index (χ4n) is 5.83. The SMILES string of the molecule is N#CC1(NC(=O)[C@@H]2CCCC[C@H]2c2nn(-c3ccncc3)cc2-c2ccc(N3CCS(=O)(=O)CC3)cc2)CC1. The number of hydrogen-bond donors (Lipinski definition) is 1. The minimum Gasteiger partial charge on any atom is -0.369 e. The number of aromatic nitrogens is 3. The highest BCUT2D eigenvalue weighted by molar-refractivity contribution is 7.91. The van der Waals surface area contributed by atoms with Gasteiger partial charge in [0.2, 0.25) is 5.91 Å². The molecular weight excluding hydrogens is 512 g/mol. The number of anilines is 1. The van der Waals surface area contributed by atoms with Crippen molar-refractivity contribution in [2.24, 2.45) is 5.92 Å². The Bertz CT molecular complexity index is 1490. The number of sulfone groups is 1. The van der Waals surface area contributed by atoms with Gasteiger partial charge >= 0.3 is 0 Å². The number of nitrogens with zero attached hydrogens (tertiary/aromatic N) is 5. The van der Waals surface area contributed by atoms with Gasteiger partial charge in [-0.15, -0.1) is 0 Å². The van der Waals surface area contributed by atoms with Crippen molar-refractivity contribution in [3.8, 4) is 22.9 Å². The van der Waals surface area contributed by atoms with E-state index in [2.05, 4.69) is 33.4 Å². The van der Waals surface area contributed by atoms with Crippen LogP contribution < -0.4 is 10.2 Å². The van der Waals surface area contributed by atoms with Crippen LogP contribution in [-0.2, 0) is 14.6 Å². The average Bonchev–Trinajstić information content (AvgIpc) is 3.60. The molecule has 1 aromatic carbocycles. The molecule has 3 fully saturated rings. The average molecular weight is 545 g/mol. The molecule has 1 aliphatic heterocycles. The van der Waals surface area contributed by atoms with Gasteiger partial charge < -0.3 is 10.2 Å². The van der Waals surface area contributed by atoms with Crippen LogP contribution in [0.1, 0.15) is 50.1 Å². The number of rotatable bonds is 6. The van der Waals surface area contributed by atoms with Gasteiger partial charge in [-0.1, -0.05) is 25.0 Å². The predicted octanol–water partition coefficient (Wildman–Crippen LogP) is 3.62. The molecular formula is C29H32N6O3S. The van der Waals surface area contributed by atoms with Crippen molar-refractivity contribution in [1.82, 2.24) is 20.1 Å². The molecule has 0 unspecified atom stereocenters. The first-order valence-electron chi connectivity index (χ1n) is 13.7. The van der Waals surface area contributed by atoms with E-state index in [0.29, 0.717) is 25.9 Å². The van der Waals surface area contributed by atoms with Crippen LogP contribution in [-0.4, -0.2) is 59.2 Å². The summed E-state index contributed by atoms with van der Waals surface area (Å²) in [6.45, 7) is 0.992. The summed E-state index contributed by atoms with van der Waals surface area (Å²) in [6, 6.07) is 14.3. The maximum atomic E-state index is 13.4. The van der Waals surface area contributed by atoms with Crippen LogP contribution in [0.25, 0.3) is 16.8 Å². The second-order valence-electron chi connectivity index (χ2n) is 10.9. The first-order chi connectivity index (χ1) is 18.9. The highest BCUT2D eigenvalue weighted by Gasteiger charge is 2.47. The van der Waals surface area contributed by atoms with Crippen molar-refractivity contribution in [2.75, 3.05) is 29.5 Å². The monoisotopic (exact) mass is 544 g/mol. The molecule has 202 valence electrons. The standard InChI is InChI=1S/C29H32N6O3S/c30-20-29(11-12-29)32-28(36)25-4-2-1-3-24(25)27-26(19-35(33-27)23-9-13-31-14-10-23)21-5-7-22(8-6-21)34-15-17-39(37,38)18-16-34/h5-10,13-14,19,24-25H,1-4,11-12,15-18H2,(H,32,36)/t24-,25-/m1/s1. The Morgan fingerprint density at radius 1 is 1.00 bits per heavy atom. The quantitative estimate of drug-likeness (QED) is 0.503. The molecule has 2 aliphatic carbocycles.